The minimum Gasteiger partial charge on any atom is -0.380 e. The third-order valence-electron chi connectivity index (χ3n) is 6.13. The Bertz CT molecular complexity index is 1420. The maximum atomic E-state index is 14.8. The second kappa shape index (κ2) is 10.9. The van der Waals surface area contributed by atoms with Gasteiger partial charge in [-0.05, 0) is 36.8 Å². The van der Waals surface area contributed by atoms with E-state index in [1.165, 1.54) is 24.4 Å². The lowest BCUT2D eigenvalue weighted by molar-refractivity contribution is -0.137. The van der Waals surface area contributed by atoms with E-state index in [1.807, 2.05) is 0 Å². The van der Waals surface area contributed by atoms with E-state index >= 15 is 0 Å². The number of alkyl halides is 3. The molecule has 1 atom stereocenters. The van der Waals surface area contributed by atoms with Gasteiger partial charge < -0.3 is 15.4 Å². The topological polar surface area (TPSA) is 113 Å². The molecule has 1 fully saturated rings. The van der Waals surface area contributed by atoms with Crippen molar-refractivity contribution in [1.29, 1.82) is 0 Å². The van der Waals surface area contributed by atoms with Gasteiger partial charge in [0.05, 0.1) is 29.5 Å². The van der Waals surface area contributed by atoms with Crippen LogP contribution in [-0.2, 0) is 22.3 Å². The summed E-state index contributed by atoms with van der Waals surface area (Å²) in [7, 11) is 0. The van der Waals surface area contributed by atoms with Gasteiger partial charge in [0.25, 0.3) is 5.56 Å². The fraction of sp³-hybridized carbons (Fsp3) is 0.280. The summed E-state index contributed by atoms with van der Waals surface area (Å²) in [5.74, 6) is -1.76. The van der Waals surface area contributed by atoms with Crippen LogP contribution in [0.4, 0.5) is 28.9 Å². The number of ketones is 1. The molecule has 8 nitrogen and oxygen atoms in total. The molecule has 3 aromatic rings. The molecule has 1 saturated heterocycles. The number of Topliss-reactive ketones (excluding diaryl/α,β-unsaturated/α-hetero) is 1. The van der Waals surface area contributed by atoms with Gasteiger partial charge in [0.1, 0.15) is 5.82 Å². The number of aromatic nitrogens is 2. The first-order chi connectivity index (χ1) is 18.0. The number of nitrogens with zero attached hydrogens (tertiary/aromatic N) is 1. The van der Waals surface area contributed by atoms with E-state index < -0.39 is 40.2 Å². The maximum absolute atomic E-state index is 14.8. The van der Waals surface area contributed by atoms with Crippen molar-refractivity contribution in [1.82, 2.24) is 15.5 Å². The molecule has 0 saturated carbocycles. The molecule has 1 aromatic heterocycles. The van der Waals surface area contributed by atoms with Crippen molar-refractivity contribution in [3.8, 4) is 0 Å². The molecule has 4 rings (SSSR count). The molecule has 200 valence electrons. The molecule has 1 amide bonds. The number of carbonyl (C=O) groups excluding carboxylic acids is 2. The van der Waals surface area contributed by atoms with E-state index in [9.17, 15) is 31.9 Å². The zero-order valence-corrected chi connectivity index (χ0v) is 20.4. The Balaban J connectivity index is 1.45. The number of amides is 1. The highest BCUT2D eigenvalue weighted by atomic mass is 35.5. The smallest absolute Gasteiger partial charge is 0.380 e. The minimum atomic E-state index is -4.68. The molecule has 2 aromatic carbocycles. The molecule has 2 heterocycles. The Morgan fingerprint density at radius 1 is 1.16 bits per heavy atom. The molecular weight excluding hydrogens is 532 g/mol. The van der Waals surface area contributed by atoms with Crippen molar-refractivity contribution < 1.29 is 31.9 Å². The van der Waals surface area contributed by atoms with Gasteiger partial charge in [-0.25, -0.2) is 9.49 Å². The second-order valence-corrected chi connectivity index (χ2v) is 9.25. The summed E-state index contributed by atoms with van der Waals surface area (Å²) in [6.07, 6.45) is -3.48. The van der Waals surface area contributed by atoms with Crippen molar-refractivity contribution in [2.75, 3.05) is 18.5 Å². The number of rotatable bonds is 8. The predicted molar refractivity (Wildman–Crippen MR) is 130 cm³/mol. The van der Waals surface area contributed by atoms with E-state index in [2.05, 4.69) is 20.8 Å². The minimum absolute atomic E-state index is 0.0326. The summed E-state index contributed by atoms with van der Waals surface area (Å²) in [6, 6.07) is 7.98. The van der Waals surface area contributed by atoms with Crippen LogP contribution in [-0.4, -0.2) is 35.1 Å². The molecule has 0 bridgehead atoms. The number of hydrogen-bond donors (Lipinski definition) is 3. The van der Waals surface area contributed by atoms with Crippen LogP contribution in [0.5, 0.6) is 0 Å². The lowest BCUT2D eigenvalue weighted by Crippen LogP contribution is -2.43. The number of nitrogens with one attached hydrogen (secondary N) is 3. The van der Waals surface area contributed by atoms with E-state index in [4.69, 9.17) is 16.3 Å². The quantitative estimate of drug-likeness (QED) is 0.278. The van der Waals surface area contributed by atoms with Crippen LogP contribution >= 0.6 is 11.6 Å². The third-order valence-corrected chi connectivity index (χ3v) is 6.36. The number of anilines is 2. The normalized spacial score (nSPS) is 17.3. The number of benzene rings is 2. The molecule has 0 aliphatic carbocycles. The SMILES string of the molecule is O=C(C[C@@]1(C(=O)NCc2ccc(Nc3ccc(Cl)cc3C(F)(F)F)cc2F)CCOC1)c1cn[nH]c(=O)c1. The lowest BCUT2D eigenvalue weighted by Gasteiger charge is -2.25. The molecule has 3 N–H and O–H groups in total. The first kappa shape index (κ1) is 27.3. The summed E-state index contributed by atoms with van der Waals surface area (Å²) in [6.45, 7) is -0.0228. The van der Waals surface area contributed by atoms with Gasteiger partial charge in [0.15, 0.2) is 5.78 Å². The lowest BCUT2D eigenvalue weighted by atomic mass is 9.80. The Morgan fingerprint density at radius 2 is 1.95 bits per heavy atom. The molecule has 1 aliphatic rings. The summed E-state index contributed by atoms with van der Waals surface area (Å²) in [4.78, 5) is 37.3. The number of halogens is 5. The zero-order chi connectivity index (χ0) is 27.5. The fourth-order valence-corrected chi connectivity index (χ4v) is 4.26. The van der Waals surface area contributed by atoms with Crippen molar-refractivity contribution in [2.24, 2.45) is 5.41 Å². The molecule has 38 heavy (non-hydrogen) atoms. The standard InChI is InChI=1S/C25H21ClF4N4O4/c26-16-2-4-20(18(8-16)25(28,29)30)33-17-3-1-14(19(27)9-17)11-31-23(37)24(5-6-38-13-24)10-21(35)15-7-22(36)34-32-12-15/h1-4,7-9,12,33H,5-6,10-11,13H2,(H,31,37)(H,34,36)/t24-/m0/s1. The summed E-state index contributed by atoms with van der Waals surface area (Å²) in [5, 5.41) is 10.8. The third kappa shape index (κ3) is 6.20. The average Bonchev–Trinajstić information content (AvgIpc) is 3.33. The number of aromatic amines is 1. The zero-order valence-electron chi connectivity index (χ0n) is 19.6. The highest BCUT2D eigenvalue weighted by Gasteiger charge is 2.44. The van der Waals surface area contributed by atoms with Crippen LogP contribution in [0.2, 0.25) is 5.02 Å². The van der Waals surface area contributed by atoms with Gasteiger partial charge in [0.2, 0.25) is 5.91 Å². The van der Waals surface area contributed by atoms with Crippen molar-refractivity contribution in [3.05, 3.63) is 86.5 Å². The number of ether oxygens (including phenoxy) is 1. The Labute approximate surface area is 218 Å². The summed E-state index contributed by atoms with van der Waals surface area (Å²) < 4.78 is 60.2. The van der Waals surface area contributed by atoms with Crippen LogP contribution in [0.3, 0.4) is 0 Å². The summed E-state index contributed by atoms with van der Waals surface area (Å²) >= 11 is 5.69. The first-order valence-electron chi connectivity index (χ1n) is 11.3. The summed E-state index contributed by atoms with van der Waals surface area (Å²) in [5.41, 5.74) is -2.88. The predicted octanol–water partition coefficient (Wildman–Crippen LogP) is 4.62. The van der Waals surface area contributed by atoms with Gasteiger partial charge in [-0.2, -0.15) is 18.3 Å². The number of carbonyl (C=O) groups is 2. The van der Waals surface area contributed by atoms with Gasteiger partial charge in [0, 0.05) is 47.5 Å². The first-order valence-corrected chi connectivity index (χ1v) is 11.7. The van der Waals surface area contributed by atoms with E-state index in [0.29, 0.717) is 0 Å². The largest absolute Gasteiger partial charge is 0.418 e. The van der Waals surface area contributed by atoms with E-state index in [0.717, 1.165) is 24.3 Å². The maximum Gasteiger partial charge on any atom is 0.418 e. The Hall–Kier alpha value is -3.77. The van der Waals surface area contributed by atoms with Crippen LogP contribution in [0.15, 0.2) is 53.5 Å². The van der Waals surface area contributed by atoms with Gasteiger partial charge >= 0.3 is 6.18 Å². The molecule has 13 heteroatoms. The van der Waals surface area contributed by atoms with Crippen molar-refractivity contribution in [3.63, 3.8) is 0 Å². The number of H-pyrrole nitrogens is 1. The Morgan fingerprint density at radius 3 is 2.61 bits per heavy atom. The molecule has 0 unspecified atom stereocenters. The highest BCUT2D eigenvalue weighted by Crippen LogP contribution is 2.38. The van der Waals surface area contributed by atoms with Crippen molar-refractivity contribution >= 4 is 34.7 Å². The van der Waals surface area contributed by atoms with Crippen LogP contribution in [0.1, 0.15) is 34.3 Å². The molecule has 0 spiro atoms. The molecular formula is C25H21ClF4N4O4. The van der Waals surface area contributed by atoms with Crippen LogP contribution in [0, 0.1) is 11.2 Å². The second-order valence-electron chi connectivity index (χ2n) is 8.82. The van der Waals surface area contributed by atoms with Crippen LogP contribution in [0.25, 0.3) is 0 Å². The van der Waals surface area contributed by atoms with Crippen molar-refractivity contribution in [2.45, 2.75) is 25.6 Å². The number of hydrogen-bond acceptors (Lipinski definition) is 6. The van der Waals surface area contributed by atoms with Gasteiger partial charge in [-0.3, -0.25) is 14.4 Å². The molecule has 0 radical (unpaired) electrons. The van der Waals surface area contributed by atoms with E-state index in [1.54, 1.807) is 0 Å². The van der Waals surface area contributed by atoms with Crippen LogP contribution < -0.4 is 16.2 Å². The van der Waals surface area contributed by atoms with Gasteiger partial charge in [-0.15, -0.1) is 0 Å². The fourth-order valence-electron chi connectivity index (χ4n) is 4.09. The monoisotopic (exact) mass is 552 g/mol. The Kier molecular flexibility index (Phi) is 7.83. The van der Waals surface area contributed by atoms with Gasteiger partial charge in [-0.1, -0.05) is 17.7 Å². The molecule has 1 aliphatic heterocycles. The highest BCUT2D eigenvalue weighted by molar-refractivity contribution is 6.30. The average molecular weight is 553 g/mol. The van der Waals surface area contributed by atoms with E-state index in [-0.39, 0.29) is 60.1 Å².